The van der Waals surface area contributed by atoms with Gasteiger partial charge in [-0.1, -0.05) is 37.5 Å². The highest BCUT2D eigenvalue weighted by atomic mass is 32.2. The van der Waals surface area contributed by atoms with Crippen LogP contribution in [0, 0.1) is 0 Å². The molecular weight excluding hydrogens is 330 g/mol. The van der Waals surface area contributed by atoms with Gasteiger partial charge < -0.3 is 10.4 Å². The van der Waals surface area contributed by atoms with Crippen molar-refractivity contribution in [2.75, 3.05) is 24.2 Å². The number of nitrogens with zero attached hydrogens (tertiary/aromatic N) is 2. The van der Waals surface area contributed by atoms with Gasteiger partial charge in [0.05, 0.1) is 12.3 Å². The number of benzene rings is 1. The fraction of sp³-hybridized carbons (Fsp3) is 0.500. The van der Waals surface area contributed by atoms with Crippen LogP contribution in [0.5, 0.6) is 0 Å². The van der Waals surface area contributed by atoms with Crippen LogP contribution in [0.4, 0.5) is 5.82 Å². The molecule has 4 nitrogen and oxygen atoms in total. The summed E-state index contributed by atoms with van der Waals surface area (Å²) in [4.78, 5) is 11.3. The van der Waals surface area contributed by atoms with Crippen LogP contribution in [0.3, 0.4) is 0 Å². The van der Waals surface area contributed by atoms with Crippen LogP contribution in [-0.2, 0) is 6.42 Å². The monoisotopic (exact) mass is 355 g/mol. The number of aliphatic hydroxyl groups is 1. The number of hydrogen-bond donors (Lipinski definition) is 2. The highest BCUT2D eigenvalue weighted by Crippen LogP contribution is 2.40. The standard InChI is InChI=1S/C20H25N3OS/c24-12-11-21-20-16-10-13-25-17-9-5-4-8-15(17)18(16)22-19(23-20)14-6-2-1-3-7-14/h4-5,8-9,14,24H,1-3,6-7,10-13H2,(H,21,22,23). The number of aliphatic hydroxyl groups excluding tert-OH is 1. The summed E-state index contributed by atoms with van der Waals surface area (Å²) >= 11 is 1.90. The molecule has 0 radical (unpaired) electrons. The van der Waals surface area contributed by atoms with Crippen molar-refractivity contribution in [2.24, 2.45) is 0 Å². The van der Waals surface area contributed by atoms with E-state index in [0.717, 1.165) is 29.5 Å². The van der Waals surface area contributed by atoms with E-state index < -0.39 is 0 Å². The Kier molecular flexibility index (Phi) is 5.22. The van der Waals surface area contributed by atoms with Crippen molar-refractivity contribution in [3.63, 3.8) is 0 Å². The number of aromatic nitrogens is 2. The first kappa shape index (κ1) is 16.9. The minimum Gasteiger partial charge on any atom is -0.395 e. The second kappa shape index (κ2) is 7.75. The summed E-state index contributed by atoms with van der Waals surface area (Å²) in [5, 5.41) is 12.6. The molecular formula is C20H25N3OS. The van der Waals surface area contributed by atoms with Crippen molar-refractivity contribution in [1.29, 1.82) is 0 Å². The lowest BCUT2D eigenvalue weighted by Gasteiger charge is -2.23. The first-order valence-electron chi connectivity index (χ1n) is 9.34. The van der Waals surface area contributed by atoms with Crippen LogP contribution < -0.4 is 5.32 Å². The van der Waals surface area contributed by atoms with Crippen LogP contribution in [-0.4, -0.2) is 34.0 Å². The number of rotatable bonds is 4. The SMILES string of the molecule is OCCNc1nc(C2CCCCC2)nc2c1CCSc1ccccc1-2. The summed E-state index contributed by atoms with van der Waals surface area (Å²) in [6, 6.07) is 8.57. The van der Waals surface area contributed by atoms with Crippen LogP contribution in [0.15, 0.2) is 29.2 Å². The highest BCUT2D eigenvalue weighted by Gasteiger charge is 2.25. The Morgan fingerprint density at radius 2 is 1.96 bits per heavy atom. The maximum atomic E-state index is 9.25. The molecule has 132 valence electrons. The molecule has 1 saturated carbocycles. The summed E-state index contributed by atoms with van der Waals surface area (Å²) in [7, 11) is 0. The summed E-state index contributed by atoms with van der Waals surface area (Å²) in [5.41, 5.74) is 3.52. The molecule has 2 aliphatic rings. The van der Waals surface area contributed by atoms with Crippen molar-refractivity contribution < 1.29 is 5.11 Å². The minimum atomic E-state index is 0.114. The third-order valence-corrected chi connectivity index (χ3v) is 6.23. The molecule has 0 amide bonds. The summed E-state index contributed by atoms with van der Waals surface area (Å²) in [6.45, 7) is 0.644. The molecule has 1 aromatic heterocycles. The quantitative estimate of drug-likeness (QED) is 0.859. The van der Waals surface area contributed by atoms with E-state index in [1.54, 1.807) is 0 Å². The van der Waals surface area contributed by atoms with Crippen LogP contribution in [0.25, 0.3) is 11.3 Å². The van der Waals surface area contributed by atoms with E-state index >= 15 is 0 Å². The number of anilines is 1. The maximum Gasteiger partial charge on any atom is 0.134 e. The second-order valence-corrected chi connectivity index (χ2v) is 7.97. The lowest BCUT2D eigenvalue weighted by Crippen LogP contribution is -2.16. The molecule has 5 heteroatoms. The lowest BCUT2D eigenvalue weighted by atomic mass is 9.88. The number of nitrogens with one attached hydrogen (secondary N) is 1. The van der Waals surface area contributed by atoms with E-state index in [9.17, 15) is 5.11 Å². The normalized spacial score (nSPS) is 17.5. The zero-order chi connectivity index (χ0) is 17.1. The van der Waals surface area contributed by atoms with Crippen LogP contribution in [0.1, 0.15) is 49.4 Å². The molecule has 0 atom stereocenters. The minimum absolute atomic E-state index is 0.114. The van der Waals surface area contributed by atoms with Gasteiger partial charge in [-0.05, 0) is 25.3 Å². The van der Waals surface area contributed by atoms with Crippen molar-refractivity contribution >= 4 is 17.6 Å². The summed E-state index contributed by atoms with van der Waals surface area (Å²) < 4.78 is 0. The van der Waals surface area contributed by atoms with Crippen LogP contribution >= 0.6 is 11.8 Å². The smallest absolute Gasteiger partial charge is 0.134 e. The van der Waals surface area contributed by atoms with Gasteiger partial charge in [-0.15, -0.1) is 11.8 Å². The van der Waals surface area contributed by atoms with E-state index in [2.05, 4.69) is 29.6 Å². The Morgan fingerprint density at radius 1 is 1.12 bits per heavy atom. The summed E-state index contributed by atoms with van der Waals surface area (Å²) in [5.74, 6) is 3.42. The van der Waals surface area contributed by atoms with Gasteiger partial charge in [-0.2, -0.15) is 0 Å². The Morgan fingerprint density at radius 3 is 2.80 bits per heavy atom. The predicted molar refractivity (Wildman–Crippen MR) is 103 cm³/mol. The van der Waals surface area contributed by atoms with Gasteiger partial charge in [-0.3, -0.25) is 0 Å². The maximum absolute atomic E-state index is 9.25. The Bertz CT molecular complexity index is 744. The van der Waals surface area contributed by atoms with Gasteiger partial charge >= 0.3 is 0 Å². The molecule has 0 unspecified atom stereocenters. The van der Waals surface area contributed by atoms with Gasteiger partial charge in [0, 0.05) is 34.2 Å². The molecule has 0 bridgehead atoms. The largest absolute Gasteiger partial charge is 0.395 e. The molecule has 0 saturated heterocycles. The fourth-order valence-electron chi connectivity index (χ4n) is 3.88. The number of thioether (sulfide) groups is 1. The molecule has 1 fully saturated rings. The number of fused-ring (bicyclic) bond motifs is 3. The highest BCUT2D eigenvalue weighted by molar-refractivity contribution is 7.99. The molecule has 2 aromatic rings. The fourth-order valence-corrected chi connectivity index (χ4v) is 4.90. The molecule has 1 aliphatic carbocycles. The van der Waals surface area contributed by atoms with Gasteiger partial charge in [-0.25, -0.2) is 9.97 Å². The van der Waals surface area contributed by atoms with Gasteiger partial charge in [0.25, 0.3) is 0 Å². The van der Waals surface area contributed by atoms with Gasteiger partial charge in [0.1, 0.15) is 11.6 Å². The molecule has 2 N–H and O–H groups in total. The average molecular weight is 356 g/mol. The van der Waals surface area contributed by atoms with Crippen molar-refractivity contribution in [3.05, 3.63) is 35.7 Å². The van der Waals surface area contributed by atoms with Crippen molar-refractivity contribution in [2.45, 2.75) is 49.3 Å². The number of hydrogen-bond acceptors (Lipinski definition) is 5. The van der Waals surface area contributed by atoms with E-state index in [1.165, 1.54) is 48.1 Å². The summed E-state index contributed by atoms with van der Waals surface area (Å²) in [6.07, 6.45) is 7.21. The van der Waals surface area contributed by atoms with E-state index in [1.807, 2.05) is 11.8 Å². The molecule has 1 aromatic carbocycles. The average Bonchev–Trinajstić information content (AvgIpc) is 2.86. The van der Waals surface area contributed by atoms with E-state index in [0.29, 0.717) is 12.5 Å². The molecule has 2 heterocycles. The zero-order valence-electron chi connectivity index (χ0n) is 14.5. The van der Waals surface area contributed by atoms with Crippen molar-refractivity contribution in [1.82, 2.24) is 9.97 Å². The van der Waals surface area contributed by atoms with Crippen molar-refractivity contribution in [3.8, 4) is 11.3 Å². The third-order valence-electron chi connectivity index (χ3n) is 5.15. The molecule has 4 rings (SSSR count). The van der Waals surface area contributed by atoms with Crippen LogP contribution in [0.2, 0.25) is 0 Å². The third kappa shape index (κ3) is 3.53. The Hall–Kier alpha value is -1.59. The van der Waals surface area contributed by atoms with Gasteiger partial charge in [0.15, 0.2) is 0 Å². The molecule has 25 heavy (non-hydrogen) atoms. The second-order valence-electron chi connectivity index (χ2n) is 6.84. The lowest BCUT2D eigenvalue weighted by molar-refractivity contribution is 0.311. The first-order chi connectivity index (χ1) is 12.4. The predicted octanol–water partition coefficient (Wildman–Crippen LogP) is 4.24. The zero-order valence-corrected chi connectivity index (χ0v) is 15.3. The Balaban J connectivity index is 1.83. The van der Waals surface area contributed by atoms with E-state index in [4.69, 9.17) is 9.97 Å². The van der Waals surface area contributed by atoms with E-state index in [-0.39, 0.29) is 6.61 Å². The molecule has 1 aliphatic heterocycles. The first-order valence-corrected chi connectivity index (χ1v) is 10.3. The van der Waals surface area contributed by atoms with Gasteiger partial charge in [0.2, 0.25) is 0 Å². The topological polar surface area (TPSA) is 58.0 Å². The molecule has 0 spiro atoms. The Labute approximate surface area is 153 Å².